The quantitative estimate of drug-likeness (QED) is 0.438. The Morgan fingerprint density at radius 3 is 2.83 bits per heavy atom. The number of aryl methyl sites for hydroxylation is 1. The van der Waals surface area contributed by atoms with Crippen molar-refractivity contribution in [2.45, 2.75) is 59.0 Å². The number of carbonyl (C=O) groups excluding carboxylic acids is 1. The van der Waals surface area contributed by atoms with Gasteiger partial charge >= 0.3 is 0 Å². The van der Waals surface area contributed by atoms with Crippen LogP contribution in [0.1, 0.15) is 56.0 Å². The Morgan fingerprint density at radius 2 is 2.09 bits per heavy atom. The highest BCUT2D eigenvalue weighted by molar-refractivity contribution is 7.19. The normalized spacial score (nSPS) is 17.9. The van der Waals surface area contributed by atoms with Crippen LogP contribution in [0.3, 0.4) is 0 Å². The number of likely N-dealkylation sites (tertiary alicyclic amines) is 1. The molecule has 1 aliphatic heterocycles. The van der Waals surface area contributed by atoms with Gasteiger partial charge in [0.25, 0.3) is 0 Å². The van der Waals surface area contributed by atoms with Crippen LogP contribution in [0.5, 0.6) is 5.75 Å². The Balaban J connectivity index is 1.49. The molecule has 3 heterocycles. The fraction of sp³-hybridized carbons (Fsp3) is 0.444. The molecule has 184 valence electrons. The van der Waals surface area contributed by atoms with Crippen LogP contribution in [0, 0.1) is 5.92 Å². The molecule has 1 amide bonds. The zero-order valence-corrected chi connectivity index (χ0v) is 21.5. The van der Waals surface area contributed by atoms with Gasteiger partial charge < -0.3 is 20.7 Å². The molecule has 7 nitrogen and oxygen atoms in total. The van der Waals surface area contributed by atoms with E-state index in [1.165, 1.54) is 10.4 Å². The Morgan fingerprint density at radius 1 is 1.29 bits per heavy atom. The predicted molar refractivity (Wildman–Crippen MR) is 143 cm³/mol. The van der Waals surface area contributed by atoms with E-state index < -0.39 is 0 Å². The Kier molecular flexibility index (Phi) is 6.65. The fourth-order valence-electron chi connectivity index (χ4n) is 5.12. The number of carbonyl (C=O) groups is 1. The van der Waals surface area contributed by atoms with E-state index in [0.29, 0.717) is 17.3 Å². The SMILES string of the molecule is CC=Cc1cc(Nc2ncnc3sc4c(c23)CCC(C(=O)N2CCCC2)C4)c(OC(C)C)cc1N. The highest BCUT2D eigenvalue weighted by atomic mass is 32.1. The van der Waals surface area contributed by atoms with Crippen molar-refractivity contribution in [3.63, 3.8) is 0 Å². The van der Waals surface area contributed by atoms with Gasteiger partial charge in [-0.15, -0.1) is 11.3 Å². The maximum absolute atomic E-state index is 13.0. The van der Waals surface area contributed by atoms with Gasteiger partial charge in [0.1, 0.15) is 22.7 Å². The minimum Gasteiger partial charge on any atom is -0.489 e. The van der Waals surface area contributed by atoms with E-state index in [4.69, 9.17) is 10.5 Å². The summed E-state index contributed by atoms with van der Waals surface area (Å²) in [7, 11) is 0. The molecule has 1 aromatic carbocycles. The van der Waals surface area contributed by atoms with Crippen LogP contribution in [0.15, 0.2) is 24.5 Å². The number of rotatable bonds is 6. The monoisotopic (exact) mass is 491 g/mol. The number of hydrogen-bond donors (Lipinski definition) is 2. The number of allylic oxidation sites excluding steroid dienone is 1. The Bertz CT molecular complexity index is 1280. The summed E-state index contributed by atoms with van der Waals surface area (Å²) in [6, 6.07) is 3.87. The number of amides is 1. The number of anilines is 3. The van der Waals surface area contributed by atoms with Crippen LogP contribution >= 0.6 is 11.3 Å². The lowest BCUT2D eigenvalue weighted by Gasteiger charge is -2.26. The number of nitrogen functional groups attached to an aromatic ring is 1. The van der Waals surface area contributed by atoms with Crippen molar-refractivity contribution in [3.8, 4) is 5.75 Å². The average Bonchev–Trinajstić information content (AvgIpc) is 3.49. The van der Waals surface area contributed by atoms with E-state index in [1.807, 2.05) is 45.1 Å². The van der Waals surface area contributed by atoms with Crippen molar-refractivity contribution in [2.24, 2.45) is 5.92 Å². The third-order valence-corrected chi connectivity index (χ3v) is 7.92. The zero-order chi connectivity index (χ0) is 24.5. The van der Waals surface area contributed by atoms with Gasteiger partial charge in [-0.05, 0) is 70.1 Å². The molecule has 1 aliphatic carbocycles. The Labute approximate surface area is 210 Å². The van der Waals surface area contributed by atoms with Crippen molar-refractivity contribution in [1.29, 1.82) is 0 Å². The second kappa shape index (κ2) is 9.85. The number of fused-ring (bicyclic) bond motifs is 3. The molecule has 0 spiro atoms. The summed E-state index contributed by atoms with van der Waals surface area (Å²) in [5.41, 5.74) is 9.96. The molecule has 0 bridgehead atoms. The molecule has 0 radical (unpaired) electrons. The molecule has 2 aromatic heterocycles. The first-order chi connectivity index (χ1) is 16.9. The number of ether oxygens (including phenoxy) is 1. The highest BCUT2D eigenvalue weighted by Crippen LogP contribution is 2.42. The lowest BCUT2D eigenvalue weighted by molar-refractivity contribution is -0.134. The molecule has 2 aliphatic rings. The molecule has 1 atom stereocenters. The summed E-state index contributed by atoms with van der Waals surface area (Å²) < 4.78 is 6.08. The summed E-state index contributed by atoms with van der Waals surface area (Å²) >= 11 is 1.69. The van der Waals surface area contributed by atoms with Crippen molar-refractivity contribution >= 4 is 50.7 Å². The number of aromatic nitrogens is 2. The van der Waals surface area contributed by atoms with E-state index in [9.17, 15) is 4.79 Å². The largest absolute Gasteiger partial charge is 0.489 e. The molecule has 0 saturated carbocycles. The molecule has 1 saturated heterocycles. The second-order valence-electron chi connectivity index (χ2n) is 9.65. The summed E-state index contributed by atoms with van der Waals surface area (Å²) in [6.07, 6.45) is 10.3. The number of nitrogens with one attached hydrogen (secondary N) is 1. The smallest absolute Gasteiger partial charge is 0.226 e. The molecule has 1 unspecified atom stereocenters. The van der Waals surface area contributed by atoms with E-state index >= 15 is 0 Å². The van der Waals surface area contributed by atoms with Gasteiger partial charge in [0, 0.05) is 35.6 Å². The minimum atomic E-state index is 0.00641. The maximum atomic E-state index is 13.0. The third kappa shape index (κ3) is 4.72. The van der Waals surface area contributed by atoms with Gasteiger partial charge in [0.2, 0.25) is 5.91 Å². The molecule has 1 fully saturated rings. The molecule has 8 heteroatoms. The first-order valence-corrected chi connectivity index (χ1v) is 13.3. The van der Waals surface area contributed by atoms with Crippen LogP contribution in [0.4, 0.5) is 17.2 Å². The number of nitrogens with two attached hydrogens (primary N) is 1. The van der Waals surface area contributed by atoms with Gasteiger partial charge in [-0.3, -0.25) is 4.79 Å². The van der Waals surface area contributed by atoms with Gasteiger partial charge in [-0.2, -0.15) is 0 Å². The van der Waals surface area contributed by atoms with Crippen molar-refractivity contribution in [3.05, 3.63) is 40.5 Å². The highest BCUT2D eigenvalue weighted by Gasteiger charge is 2.32. The molecular formula is C27H33N5O2S. The first-order valence-electron chi connectivity index (χ1n) is 12.5. The molecule has 5 rings (SSSR count). The van der Waals surface area contributed by atoms with E-state index in [1.54, 1.807) is 17.7 Å². The zero-order valence-electron chi connectivity index (χ0n) is 20.6. The van der Waals surface area contributed by atoms with Gasteiger partial charge in [0.05, 0.1) is 17.2 Å². The molecule has 35 heavy (non-hydrogen) atoms. The standard InChI is InChI=1S/C27H33N5O2S/c1-4-7-17-12-21(22(14-20(17)28)34-16(2)3)31-25-24-19-9-8-18(27(33)32-10-5-6-11-32)13-23(19)35-26(24)30-15-29-25/h4,7,12,14-16,18H,5-6,8-11,13,28H2,1-3H3,(H,29,30,31). The average molecular weight is 492 g/mol. The number of nitrogens with zero attached hydrogens (tertiary/aromatic N) is 3. The second-order valence-corrected chi connectivity index (χ2v) is 10.7. The molecular weight excluding hydrogens is 458 g/mol. The van der Waals surface area contributed by atoms with Crippen molar-refractivity contribution in [1.82, 2.24) is 14.9 Å². The number of benzene rings is 1. The molecule has 3 N–H and O–H groups in total. The number of thiophene rings is 1. The van der Waals surface area contributed by atoms with Crippen LogP contribution in [-0.4, -0.2) is 40.0 Å². The Hall–Kier alpha value is -3.13. The predicted octanol–water partition coefficient (Wildman–Crippen LogP) is 5.56. The van der Waals surface area contributed by atoms with Gasteiger partial charge in [0.15, 0.2) is 0 Å². The minimum absolute atomic E-state index is 0.00641. The first kappa shape index (κ1) is 23.6. The maximum Gasteiger partial charge on any atom is 0.226 e. The van der Waals surface area contributed by atoms with Crippen molar-refractivity contribution < 1.29 is 9.53 Å². The lowest BCUT2D eigenvalue weighted by Crippen LogP contribution is -2.36. The lowest BCUT2D eigenvalue weighted by atomic mass is 9.87. The van der Waals surface area contributed by atoms with Crippen LogP contribution in [0.25, 0.3) is 16.3 Å². The van der Waals surface area contributed by atoms with E-state index in [0.717, 1.165) is 72.5 Å². The third-order valence-electron chi connectivity index (χ3n) is 6.76. The molecule has 3 aromatic rings. The van der Waals surface area contributed by atoms with Crippen LogP contribution in [-0.2, 0) is 17.6 Å². The van der Waals surface area contributed by atoms with Crippen LogP contribution in [0.2, 0.25) is 0 Å². The summed E-state index contributed by atoms with van der Waals surface area (Å²) in [5, 5.41) is 4.58. The van der Waals surface area contributed by atoms with Crippen molar-refractivity contribution in [2.75, 3.05) is 24.1 Å². The van der Waals surface area contributed by atoms with Gasteiger partial charge in [-0.1, -0.05) is 12.2 Å². The summed E-state index contributed by atoms with van der Waals surface area (Å²) in [4.78, 5) is 26.5. The summed E-state index contributed by atoms with van der Waals surface area (Å²) in [6.45, 7) is 7.78. The van der Waals surface area contributed by atoms with E-state index in [2.05, 4.69) is 20.2 Å². The van der Waals surface area contributed by atoms with Gasteiger partial charge in [-0.25, -0.2) is 9.97 Å². The van der Waals surface area contributed by atoms with E-state index in [-0.39, 0.29) is 12.0 Å². The fourth-order valence-corrected chi connectivity index (χ4v) is 6.39. The van der Waals surface area contributed by atoms with Crippen LogP contribution < -0.4 is 15.8 Å². The summed E-state index contributed by atoms with van der Waals surface area (Å²) in [5.74, 6) is 1.85. The topological polar surface area (TPSA) is 93.4 Å². The number of hydrogen-bond acceptors (Lipinski definition) is 7.